The van der Waals surface area contributed by atoms with Gasteiger partial charge in [-0.3, -0.25) is 4.79 Å². The number of aliphatic hydroxyl groups excluding tert-OH is 1. The fraction of sp³-hybridized carbons (Fsp3) is 0.438. The SMILES string of the molecule is COc1ccc(Br)cc1/C=C/C(=O)N(CCO)C1CCC1. The quantitative estimate of drug-likeness (QED) is 0.800. The number of halogens is 1. The van der Waals surface area contributed by atoms with Crippen molar-refractivity contribution in [1.82, 2.24) is 4.90 Å². The van der Waals surface area contributed by atoms with E-state index in [9.17, 15) is 4.79 Å². The van der Waals surface area contributed by atoms with Crippen molar-refractivity contribution in [1.29, 1.82) is 0 Å². The Balaban J connectivity index is 2.11. The van der Waals surface area contributed by atoms with Gasteiger partial charge in [-0.25, -0.2) is 0 Å². The number of benzene rings is 1. The highest BCUT2D eigenvalue weighted by molar-refractivity contribution is 9.10. The van der Waals surface area contributed by atoms with Crippen LogP contribution in [0, 0.1) is 0 Å². The zero-order valence-electron chi connectivity index (χ0n) is 12.1. The van der Waals surface area contributed by atoms with Crippen LogP contribution in [0.3, 0.4) is 0 Å². The number of hydrogen-bond donors (Lipinski definition) is 1. The van der Waals surface area contributed by atoms with E-state index >= 15 is 0 Å². The third kappa shape index (κ3) is 4.08. The highest BCUT2D eigenvalue weighted by atomic mass is 79.9. The van der Waals surface area contributed by atoms with E-state index in [-0.39, 0.29) is 18.6 Å². The molecule has 1 N–H and O–H groups in total. The Bertz CT molecular complexity index is 526. The Morgan fingerprint density at radius 3 is 2.86 bits per heavy atom. The van der Waals surface area contributed by atoms with Crippen LogP contribution in [0.5, 0.6) is 5.75 Å². The zero-order valence-corrected chi connectivity index (χ0v) is 13.7. The first-order valence-corrected chi connectivity index (χ1v) is 7.88. The second-order valence-corrected chi connectivity index (χ2v) is 5.98. The smallest absolute Gasteiger partial charge is 0.246 e. The lowest BCUT2D eigenvalue weighted by molar-refractivity contribution is -0.130. The molecule has 1 aromatic carbocycles. The number of amides is 1. The van der Waals surface area contributed by atoms with Crippen molar-refractivity contribution >= 4 is 27.9 Å². The summed E-state index contributed by atoms with van der Waals surface area (Å²) >= 11 is 3.41. The number of methoxy groups -OCH3 is 1. The predicted molar refractivity (Wildman–Crippen MR) is 86.2 cm³/mol. The Morgan fingerprint density at radius 1 is 1.52 bits per heavy atom. The number of nitrogens with zero attached hydrogens (tertiary/aromatic N) is 1. The van der Waals surface area contributed by atoms with Gasteiger partial charge in [-0.05, 0) is 43.5 Å². The minimum atomic E-state index is -0.0595. The van der Waals surface area contributed by atoms with Crippen LogP contribution in [0.25, 0.3) is 6.08 Å². The van der Waals surface area contributed by atoms with Crippen LogP contribution in [0.15, 0.2) is 28.7 Å². The van der Waals surface area contributed by atoms with Crippen LogP contribution in [-0.2, 0) is 4.79 Å². The second-order valence-electron chi connectivity index (χ2n) is 5.06. The van der Waals surface area contributed by atoms with Gasteiger partial charge < -0.3 is 14.7 Å². The molecule has 1 saturated carbocycles. The maximum Gasteiger partial charge on any atom is 0.246 e. The van der Waals surface area contributed by atoms with Gasteiger partial charge in [0.15, 0.2) is 0 Å². The zero-order chi connectivity index (χ0) is 15.2. The van der Waals surface area contributed by atoms with Crippen LogP contribution in [0.2, 0.25) is 0 Å². The standard InChI is InChI=1S/C16H20BrNO3/c1-21-15-7-6-13(17)11-12(15)5-8-16(20)18(9-10-19)14-3-2-4-14/h5-8,11,14,19H,2-4,9-10H2,1H3/b8-5+. The molecule has 1 fully saturated rings. The van der Waals surface area contributed by atoms with Crippen LogP contribution >= 0.6 is 15.9 Å². The first kappa shape index (κ1) is 16.0. The highest BCUT2D eigenvalue weighted by Gasteiger charge is 2.26. The van der Waals surface area contributed by atoms with Gasteiger partial charge in [0, 0.05) is 28.7 Å². The van der Waals surface area contributed by atoms with E-state index in [1.54, 1.807) is 24.2 Å². The molecule has 0 aliphatic heterocycles. The summed E-state index contributed by atoms with van der Waals surface area (Å²) in [5.74, 6) is 0.662. The topological polar surface area (TPSA) is 49.8 Å². The number of ether oxygens (including phenoxy) is 1. The van der Waals surface area contributed by atoms with E-state index in [4.69, 9.17) is 9.84 Å². The summed E-state index contributed by atoms with van der Waals surface area (Å²) in [6.07, 6.45) is 6.52. The Kier molecular flexibility index (Phi) is 5.82. The summed E-state index contributed by atoms with van der Waals surface area (Å²) in [6, 6.07) is 5.93. The molecule has 21 heavy (non-hydrogen) atoms. The third-order valence-corrected chi connectivity index (χ3v) is 4.23. The summed E-state index contributed by atoms with van der Waals surface area (Å²) in [4.78, 5) is 14.1. The Morgan fingerprint density at radius 2 is 2.29 bits per heavy atom. The minimum absolute atomic E-state index is 0.00368. The Labute approximate surface area is 133 Å². The molecule has 5 heteroatoms. The molecule has 0 bridgehead atoms. The number of carbonyl (C=O) groups excluding carboxylic acids is 1. The molecular weight excluding hydrogens is 334 g/mol. The molecule has 1 aromatic rings. The molecule has 0 unspecified atom stereocenters. The Hall–Kier alpha value is -1.33. The van der Waals surface area contributed by atoms with Gasteiger partial charge in [-0.2, -0.15) is 0 Å². The van der Waals surface area contributed by atoms with Gasteiger partial charge in [-0.1, -0.05) is 15.9 Å². The third-order valence-electron chi connectivity index (χ3n) is 3.74. The summed E-state index contributed by atoms with van der Waals surface area (Å²) in [6.45, 7) is 0.389. The summed E-state index contributed by atoms with van der Waals surface area (Å²) in [7, 11) is 1.61. The van der Waals surface area contributed by atoms with Crippen molar-refractivity contribution in [3.63, 3.8) is 0 Å². The normalized spacial score (nSPS) is 15.0. The maximum absolute atomic E-state index is 12.3. The minimum Gasteiger partial charge on any atom is -0.496 e. The molecule has 1 amide bonds. The van der Waals surface area contributed by atoms with Gasteiger partial charge in [0.1, 0.15) is 5.75 Å². The fourth-order valence-corrected chi connectivity index (χ4v) is 2.75. The summed E-state index contributed by atoms with van der Waals surface area (Å²) < 4.78 is 6.22. The van der Waals surface area contributed by atoms with Crippen molar-refractivity contribution in [2.45, 2.75) is 25.3 Å². The molecule has 114 valence electrons. The predicted octanol–water partition coefficient (Wildman–Crippen LogP) is 2.84. The van der Waals surface area contributed by atoms with Gasteiger partial charge in [0.25, 0.3) is 0 Å². The monoisotopic (exact) mass is 353 g/mol. The van der Waals surface area contributed by atoms with E-state index in [1.807, 2.05) is 18.2 Å². The van der Waals surface area contributed by atoms with E-state index in [0.717, 1.165) is 35.0 Å². The van der Waals surface area contributed by atoms with Crippen LogP contribution in [0.1, 0.15) is 24.8 Å². The van der Waals surface area contributed by atoms with E-state index < -0.39 is 0 Å². The maximum atomic E-state index is 12.3. The summed E-state index contributed by atoms with van der Waals surface area (Å²) in [5.41, 5.74) is 0.845. The first-order valence-electron chi connectivity index (χ1n) is 7.08. The fourth-order valence-electron chi connectivity index (χ4n) is 2.37. The van der Waals surface area contributed by atoms with Crippen molar-refractivity contribution < 1.29 is 14.6 Å². The van der Waals surface area contributed by atoms with Crippen molar-refractivity contribution in [2.24, 2.45) is 0 Å². The number of hydrogen-bond acceptors (Lipinski definition) is 3. The molecule has 0 spiro atoms. The van der Waals surface area contributed by atoms with E-state index in [1.165, 1.54) is 0 Å². The second kappa shape index (κ2) is 7.61. The van der Waals surface area contributed by atoms with Crippen LogP contribution < -0.4 is 4.74 Å². The molecule has 0 radical (unpaired) electrons. The molecule has 1 aliphatic rings. The molecule has 0 aromatic heterocycles. The number of carbonyl (C=O) groups is 1. The lowest BCUT2D eigenvalue weighted by Gasteiger charge is -2.36. The number of rotatable bonds is 6. The molecule has 1 aliphatic carbocycles. The van der Waals surface area contributed by atoms with E-state index in [2.05, 4.69) is 15.9 Å². The van der Waals surface area contributed by atoms with E-state index in [0.29, 0.717) is 6.54 Å². The highest BCUT2D eigenvalue weighted by Crippen LogP contribution is 2.26. The molecule has 4 nitrogen and oxygen atoms in total. The van der Waals surface area contributed by atoms with Gasteiger partial charge in [-0.15, -0.1) is 0 Å². The lowest BCUT2D eigenvalue weighted by atomic mass is 9.91. The molecule has 0 heterocycles. The van der Waals surface area contributed by atoms with Crippen molar-refractivity contribution in [2.75, 3.05) is 20.3 Å². The van der Waals surface area contributed by atoms with Gasteiger partial charge in [0.05, 0.1) is 13.7 Å². The van der Waals surface area contributed by atoms with Crippen molar-refractivity contribution in [3.05, 3.63) is 34.3 Å². The average molecular weight is 354 g/mol. The van der Waals surface area contributed by atoms with Gasteiger partial charge >= 0.3 is 0 Å². The average Bonchev–Trinajstić information content (AvgIpc) is 2.42. The molecule has 2 rings (SSSR count). The number of aliphatic hydroxyl groups is 1. The van der Waals surface area contributed by atoms with Crippen LogP contribution in [-0.4, -0.2) is 42.2 Å². The van der Waals surface area contributed by atoms with Crippen LogP contribution in [0.4, 0.5) is 0 Å². The van der Waals surface area contributed by atoms with Crippen molar-refractivity contribution in [3.8, 4) is 5.75 Å². The van der Waals surface area contributed by atoms with Gasteiger partial charge in [0.2, 0.25) is 5.91 Å². The lowest BCUT2D eigenvalue weighted by Crippen LogP contribution is -2.44. The first-order chi connectivity index (χ1) is 10.2. The molecule has 0 atom stereocenters. The summed E-state index contributed by atoms with van der Waals surface area (Å²) in [5, 5.41) is 9.11. The molecular formula is C16H20BrNO3. The molecule has 0 saturated heterocycles. The largest absolute Gasteiger partial charge is 0.496 e.